The lowest BCUT2D eigenvalue weighted by atomic mass is 10.1. The maximum absolute atomic E-state index is 12.2. The second-order valence-electron chi connectivity index (χ2n) is 5.23. The molecule has 0 aromatic heterocycles. The molecule has 111 valence electrons. The molecule has 1 amide bonds. The minimum Gasteiger partial charge on any atom is -0.378 e. The Labute approximate surface area is 131 Å². The molecule has 0 bridgehead atoms. The van der Waals surface area contributed by atoms with Gasteiger partial charge in [0.1, 0.15) is 0 Å². The van der Waals surface area contributed by atoms with E-state index in [1.807, 2.05) is 49.3 Å². The van der Waals surface area contributed by atoms with Crippen LogP contribution in [0.15, 0.2) is 42.5 Å². The molecular weight excluding hydrogens is 274 g/mol. The molecule has 0 saturated heterocycles. The maximum Gasteiger partial charge on any atom is 0.251 e. The summed E-state index contributed by atoms with van der Waals surface area (Å²) >= 11 is 0. The predicted octanol–water partition coefficient (Wildman–Crippen LogP) is 2.74. The highest BCUT2D eigenvalue weighted by atomic mass is 16.1. The first kappa shape index (κ1) is 15.6. The molecule has 4 nitrogen and oxygen atoms in total. The van der Waals surface area contributed by atoms with Gasteiger partial charge in [0, 0.05) is 31.9 Å². The van der Waals surface area contributed by atoms with Gasteiger partial charge in [0.05, 0.1) is 11.6 Å². The third-order valence-corrected chi connectivity index (χ3v) is 3.37. The summed E-state index contributed by atoms with van der Waals surface area (Å²) in [6.45, 7) is 4.19. The lowest BCUT2D eigenvalue weighted by Gasteiger charge is -2.14. The fraction of sp³-hybridized carbons (Fsp3) is 0.167. The fourth-order valence-corrected chi connectivity index (χ4v) is 2.05. The molecule has 0 heterocycles. The second-order valence-corrected chi connectivity index (χ2v) is 5.23. The fourth-order valence-electron chi connectivity index (χ4n) is 2.05. The average Bonchev–Trinajstić information content (AvgIpc) is 2.53. The van der Waals surface area contributed by atoms with Crippen molar-refractivity contribution in [3.63, 3.8) is 0 Å². The number of anilines is 1. The van der Waals surface area contributed by atoms with Crippen molar-refractivity contribution in [1.82, 2.24) is 5.32 Å². The minimum absolute atomic E-state index is 0.202. The summed E-state index contributed by atoms with van der Waals surface area (Å²) in [6.07, 6.45) is 0. The molecule has 0 aliphatic carbocycles. The summed E-state index contributed by atoms with van der Waals surface area (Å²) in [6, 6.07) is 14.9. The second kappa shape index (κ2) is 6.77. The van der Waals surface area contributed by atoms with Gasteiger partial charge in [0.2, 0.25) is 0 Å². The predicted molar refractivity (Wildman–Crippen MR) is 87.6 cm³/mol. The Morgan fingerprint density at radius 1 is 1.27 bits per heavy atom. The molecule has 2 rings (SSSR count). The van der Waals surface area contributed by atoms with Crippen LogP contribution < -0.4 is 10.2 Å². The number of nitriles is 1. The number of hydrogen-bond acceptors (Lipinski definition) is 3. The van der Waals surface area contributed by atoms with Crippen molar-refractivity contribution in [2.75, 3.05) is 19.0 Å². The van der Waals surface area contributed by atoms with Crippen molar-refractivity contribution in [2.24, 2.45) is 0 Å². The van der Waals surface area contributed by atoms with Crippen LogP contribution in [-0.2, 0) is 6.54 Å². The summed E-state index contributed by atoms with van der Waals surface area (Å²) in [5, 5.41) is 11.9. The van der Waals surface area contributed by atoms with E-state index in [9.17, 15) is 4.79 Å². The van der Waals surface area contributed by atoms with Crippen molar-refractivity contribution in [3.8, 4) is 6.07 Å². The first-order chi connectivity index (χ1) is 10.5. The van der Waals surface area contributed by atoms with Crippen LogP contribution in [0.5, 0.6) is 0 Å². The van der Waals surface area contributed by atoms with Crippen LogP contribution in [0.4, 0.5) is 5.69 Å². The summed E-state index contributed by atoms with van der Waals surface area (Å²) in [5.41, 5.74) is 3.61. The van der Waals surface area contributed by atoms with E-state index in [4.69, 9.17) is 5.26 Å². The smallest absolute Gasteiger partial charge is 0.251 e. The van der Waals surface area contributed by atoms with Gasteiger partial charge in [-0.3, -0.25) is 4.79 Å². The van der Waals surface area contributed by atoms with E-state index in [-0.39, 0.29) is 5.91 Å². The van der Waals surface area contributed by atoms with E-state index < -0.39 is 0 Å². The number of benzene rings is 2. The van der Waals surface area contributed by atoms with Crippen molar-refractivity contribution >= 4 is 11.6 Å². The van der Waals surface area contributed by atoms with Gasteiger partial charge in [0.25, 0.3) is 5.91 Å². The molecule has 2 aromatic rings. The highest BCUT2D eigenvalue weighted by Gasteiger charge is 2.08. The summed E-state index contributed by atoms with van der Waals surface area (Å²) in [4.78, 5) is 14.2. The minimum atomic E-state index is -0.202. The molecule has 1 radical (unpaired) electrons. The highest BCUT2D eigenvalue weighted by molar-refractivity contribution is 5.94. The van der Waals surface area contributed by atoms with Crippen LogP contribution in [-0.4, -0.2) is 20.0 Å². The van der Waals surface area contributed by atoms with Gasteiger partial charge in [-0.2, -0.15) is 5.26 Å². The van der Waals surface area contributed by atoms with Crippen LogP contribution in [0.3, 0.4) is 0 Å². The molecule has 2 aromatic carbocycles. The molecule has 0 spiro atoms. The number of rotatable bonds is 4. The molecule has 1 N–H and O–H groups in total. The van der Waals surface area contributed by atoms with Crippen LogP contribution >= 0.6 is 0 Å². The zero-order valence-electron chi connectivity index (χ0n) is 12.8. The molecule has 0 unspecified atom stereocenters. The summed E-state index contributed by atoms with van der Waals surface area (Å²) < 4.78 is 0. The Balaban J connectivity index is 2.07. The third kappa shape index (κ3) is 3.64. The first-order valence-corrected chi connectivity index (χ1v) is 6.92. The standard InChI is InChI=1S/C18H18N3O/c1-13-7-8-15(10-16(13)11-19)18(22)20-12-14-5-4-6-17(9-14)21(2)3/h4-10H,1,12H2,2-3H3,(H,20,22). The van der Waals surface area contributed by atoms with Crippen molar-refractivity contribution in [2.45, 2.75) is 6.54 Å². The van der Waals surface area contributed by atoms with Crippen molar-refractivity contribution in [3.05, 3.63) is 71.6 Å². The molecule has 0 fully saturated rings. The van der Waals surface area contributed by atoms with Crippen LogP contribution in [0.1, 0.15) is 27.0 Å². The van der Waals surface area contributed by atoms with Crippen LogP contribution in [0.2, 0.25) is 0 Å². The number of hydrogen-bond donors (Lipinski definition) is 1. The van der Waals surface area contributed by atoms with E-state index >= 15 is 0 Å². The number of carbonyl (C=O) groups excluding carboxylic acids is 1. The first-order valence-electron chi connectivity index (χ1n) is 6.92. The van der Waals surface area contributed by atoms with Gasteiger partial charge in [0.15, 0.2) is 0 Å². The largest absolute Gasteiger partial charge is 0.378 e. The molecular formula is C18H18N3O. The quantitative estimate of drug-likeness (QED) is 0.942. The van der Waals surface area contributed by atoms with Crippen LogP contribution in [0, 0.1) is 18.3 Å². The van der Waals surface area contributed by atoms with Gasteiger partial charge in [-0.1, -0.05) is 18.2 Å². The lowest BCUT2D eigenvalue weighted by molar-refractivity contribution is 0.0951. The lowest BCUT2D eigenvalue weighted by Crippen LogP contribution is -2.23. The number of nitrogens with one attached hydrogen (secondary N) is 1. The zero-order valence-corrected chi connectivity index (χ0v) is 12.8. The molecule has 0 atom stereocenters. The summed E-state index contributed by atoms with van der Waals surface area (Å²) in [5.74, 6) is -0.202. The van der Waals surface area contributed by atoms with Gasteiger partial charge in [-0.15, -0.1) is 0 Å². The van der Waals surface area contributed by atoms with Gasteiger partial charge in [-0.25, -0.2) is 0 Å². The van der Waals surface area contributed by atoms with Gasteiger partial charge < -0.3 is 10.2 Å². The third-order valence-electron chi connectivity index (χ3n) is 3.37. The topological polar surface area (TPSA) is 56.1 Å². The Morgan fingerprint density at radius 2 is 2.05 bits per heavy atom. The average molecular weight is 292 g/mol. The monoisotopic (exact) mass is 292 g/mol. The zero-order chi connectivity index (χ0) is 16.1. The molecule has 4 heteroatoms. The van der Waals surface area contributed by atoms with E-state index in [1.54, 1.807) is 18.2 Å². The number of carbonyl (C=O) groups is 1. The Morgan fingerprint density at radius 3 is 2.73 bits per heavy atom. The molecule has 0 aliphatic heterocycles. The normalized spacial score (nSPS) is 9.91. The summed E-state index contributed by atoms with van der Waals surface area (Å²) in [7, 11) is 3.95. The number of nitrogens with zero attached hydrogens (tertiary/aromatic N) is 2. The highest BCUT2D eigenvalue weighted by Crippen LogP contribution is 2.14. The van der Waals surface area contributed by atoms with E-state index in [2.05, 4.69) is 12.2 Å². The Kier molecular flexibility index (Phi) is 4.80. The maximum atomic E-state index is 12.2. The van der Waals surface area contributed by atoms with E-state index in [1.165, 1.54) is 0 Å². The van der Waals surface area contributed by atoms with E-state index in [0.717, 1.165) is 11.3 Å². The van der Waals surface area contributed by atoms with Crippen LogP contribution in [0.25, 0.3) is 0 Å². The molecule has 22 heavy (non-hydrogen) atoms. The molecule has 0 saturated carbocycles. The van der Waals surface area contributed by atoms with Gasteiger partial charge in [-0.05, 0) is 42.3 Å². The van der Waals surface area contributed by atoms with E-state index in [0.29, 0.717) is 23.2 Å². The van der Waals surface area contributed by atoms with Gasteiger partial charge >= 0.3 is 0 Å². The van der Waals surface area contributed by atoms with Crippen molar-refractivity contribution < 1.29 is 4.79 Å². The molecule has 0 aliphatic rings. The Hall–Kier alpha value is -2.80. The Bertz CT molecular complexity index is 729. The SMILES string of the molecule is [CH2]c1ccc(C(=O)NCc2cccc(N(C)C)c2)cc1C#N. The number of amides is 1. The van der Waals surface area contributed by atoms with Crippen molar-refractivity contribution in [1.29, 1.82) is 5.26 Å².